The Bertz CT molecular complexity index is 609. The van der Waals surface area contributed by atoms with Crippen molar-refractivity contribution >= 4 is 27.3 Å². The molecule has 21 heavy (non-hydrogen) atoms. The van der Waals surface area contributed by atoms with Crippen LogP contribution in [0.5, 0.6) is 0 Å². The average Bonchev–Trinajstić information content (AvgIpc) is 2.78. The van der Waals surface area contributed by atoms with Gasteiger partial charge in [0.1, 0.15) is 0 Å². The molecule has 0 saturated heterocycles. The Kier molecular flexibility index (Phi) is 3.61. The first-order valence-corrected chi connectivity index (χ1v) is 9.31. The molecule has 1 saturated carbocycles. The molecule has 2 unspecified atom stereocenters. The molecule has 0 N–H and O–H groups in total. The van der Waals surface area contributed by atoms with Gasteiger partial charge in [-0.3, -0.25) is 10.1 Å². The predicted molar refractivity (Wildman–Crippen MR) is 89.2 cm³/mol. The van der Waals surface area contributed by atoms with Gasteiger partial charge >= 0.3 is 0 Å². The summed E-state index contributed by atoms with van der Waals surface area (Å²) in [4.78, 5) is 12.9. The fourth-order valence-electron chi connectivity index (χ4n) is 3.47. The minimum absolute atomic E-state index is 0.150. The monoisotopic (exact) mass is 321 g/mol. The van der Waals surface area contributed by atoms with Crippen molar-refractivity contribution in [2.75, 3.05) is 0 Å². The first kappa shape index (κ1) is 15.0. The molecule has 1 fully saturated rings. The maximum absolute atomic E-state index is 10.7. The number of hydrogen-bond acceptors (Lipinski definition) is 4. The van der Waals surface area contributed by atoms with Gasteiger partial charge in [0.2, 0.25) is 0 Å². The number of nitro benzene ring substituents is 1. The normalized spacial score (nSPS) is 29.5. The number of benzene rings is 1. The first-order valence-electron chi connectivity index (χ1n) is 7.16. The minimum Gasteiger partial charge on any atom is -0.258 e. The fourth-order valence-corrected chi connectivity index (χ4v) is 6.28. The van der Waals surface area contributed by atoms with E-state index in [1.807, 2.05) is 22.9 Å². The molecule has 0 aromatic heterocycles. The lowest BCUT2D eigenvalue weighted by atomic mass is 9.70. The summed E-state index contributed by atoms with van der Waals surface area (Å²) in [6.45, 7) is 7.14. The molecule has 112 valence electrons. The smallest absolute Gasteiger partial charge is 0.258 e. The highest BCUT2D eigenvalue weighted by Crippen LogP contribution is 2.68. The molecule has 2 aliphatic rings. The predicted octanol–water partition coefficient (Wildman–Crippen LogP) is 5.68. The lowest BCUT2D eigenvalue weighted by molar-refractivity contribution is -0.384. The number of nitro groups is 1. The molecule has 0 radical (unpaired) electrons. The lowest BCUT2D eigenvalue weighted by Gasteiger charge is -2.36. The Morgan fingerprint density at radius 1 is 1.19 bits per heavy atom. The van der Waals surface area contributed by atoms with Gasteiger partial charge in [-0.25, -0.2) is 0 Å². The van der Waals surface area contributed by atoms with Gasteiger partial charge in [0.05, 0.1) is 4.92 Å². The van der Waals surface area contributed by atoms with E-state index < -0.39 is 0 Å². The SMILES string of the molecule is CC12CCC(C=C1SSc1ccc([N+](=O)[O-])cc1)C2(C)C. The second kappa shape index (κ2) is 5.06. The Balaban J connectivity index is 1.69. The third kappa shape index (κ3) is 2.30. The second-order valence-electron chi connectivity index (χ2n) is 6.65. The van der Waals surface area contributed by atoms with Crippen molar-refractivity contribution in [2.45, 2.75) is 38.5 Å². The van der Waals surface area contributed by atoms with Gasteiger partial charge in [-0.05, 0) is 41.2 Å². The molecule has 1 aromatic carbocycles. The molecular weight excluding hydrogens is 302 g/mol. The van der Waals surface area contributed by atoms with Crippen LogP contribution in [0, 0.1) is 26.9 Å². The van der Waals surface area contributed by atoms with E-state index in [0.29, 0.717) is 11.3 Å². The van der Waals surface area contributed by atoms with Crippen LogP contribution in [-0.4, -0.2) is 4.92 Å². The van der Waals surface area contributed by atoms with Crippen molar-refractivity contribution in [1.82, 2.24) is 0 Å². The van der Waals surface area contributed by atoms with Crippen LogP contribution >= 0.6 is 21.6 Å². The topological polar surface area (TPSA) is 43.1 Å². The highest BCUT2D eigenvalue weighted by Gasteiger charge is 2.57. The highest BCUT2D eigenvalue weighted by molar-refractivity contribution is 8.78. The highest BCUT2D eigenvalue weighted by atomic mass is 33.1. The number of non-ortho nitro benzene ring substituents is 1. The summed E-state index contributed by atoms with van der Waals surface area (Å²) in [7, 11) is 3.53. The molecule has 1 aromatic rings. The van der Waals surface area contributed by atoms with Gasteiger partial charge in [0.15, 0.2) is 0 Å². The number of nitrogens with zero attached hydrogens (tertiary/aromatic N) is 1. The quantitative estimate of drug-likeness (QED) is 0.407. The Morgan fingerprint density at radius 3 is 2.33 bits per heavy atom. The van der Waals surface area contributed by atoms with Crippen molar-refractivity contribution in [2.24, 2.45) is 16.7 Å². The van der Waals surface area contributed by atoms with E-state index in [1.165, 1.54) is 17.7 Å². The average molecular weight is 321 g/mol. The van der Waals surface area contributed by atoms with Gasteiger partial charge in [0.25, 0.3) is 5.69 Å². The molecular formula is C16H19NO2S2. The van der Waals surface area contributed by atoms with E-state index in [2.05, 4.69) is 26.8 Å². The molecule has 0 spiro atoms. The molecule has 3 rings (SSSR count). The molecule has 3 nitrogen and oxygen atoms in total. The summed E-state index contributed by atoms with van der Waals surface area (Å²) < 4.78 is 0. The minimum atomic E-state index is -0.358. The summed E-state index contributed by atoms with van der Waals surface area (Å²) in [6.07, 6.45) is 5.02. The largest absolute Gasteiger partial charge is 0.269 e. The summed E-state index contributed by atoms with van der Waals surface area (Å²) >= 11 is 0. The first-order chi connectivity index (χ1) is 9.84. The Hall–Kier alpha value is -0.940. The maximum atomic E-state index is 10.7. The number of fused-ring (bicyclic) bond motifs is 2. The van der Waals surface area contributed by atoms with E-state index in [1.54, 1.807) is 22.9 Å². The summed E-state index contributed by atoms with van der Waals surface area (Å²) in [5.74, 6) is 0.697. The van der Waals surface area contributed by atoms with Crippen LogP contribution in [0.1, 0.15) is 33.6 Å². The maximum Gasteiger partial charge on any atom is 0.269 e. The lowest BCUT2D eigenvalue weighted by Crippen LogP contribution is -2.29. The molecule has 0 amide bonds. The van der Waals surface area contributed by atoms with E-state index >= 15 is 0 Å². The molecule has 0 aliphatic heterocycles. The van der Waals surface area contributed by atoms with Crippen LogP contribution in [-0.2, 0) is 0 Å². The van der Waals surface area contributed by atoms with Crippen LogP contribution in [0.3, 0.4) is 0 Å². The van der Waals surface area contributed by atoms with E-state index in [9.17, 15) is 10.1 Å². The number of rotatable bonds is 4. The van der Waals surface area contributed by atoms with Crippen molar-refractivity contribution in [1.29, 1.82) is 0 Å². The third-order valence-electron chi connectivity index (χ3n) is 5.48. The standard InChI is InChI=1S/C16H19NO2S2/c1-15(2)11-8-9-16(15,3)14(10-11)21-20-13-6-4-12(5-7-13)17(18)19/h4-7,10-11H,8-9H2,1-3H3. The van der Waals surface area contributed by atoms with E-state index in [-0.39, 0.29) is 16.0 Å². The Labute approximate surface area is 133 Å². The Morgan fingerprint density at radius 2 is 1.86 bits per heavy atom. The van der Waals surface area contributed by atoms with Crippen LogP contribution in [0.4, 0.5) is 5.69 Å². The summed E-state index contributed by atoms with van der Waals surface area (Å²) in [5.41, 5.74) is 0.790. The zero-order valence-electron chi connectivity index (χ0n) is 12.5. The van der Waals surface area contributed by atoms with Crippen LogP contribution in [0.2, 0.25) is 0 Å². The fraction of sp³-hybridized carbons (Fsp3) is 0.500. The van der Waals surface area contributed by atoms with Gasteiger partial charge < -0.3 is 0 Å². The van der Waals surface area contributed by atoms with Gasteiger partial charge in [-0.15, -0.1) is 0 Å². The van der Waals surface area contributed by atoms with Crippen molar-refractivity contribution < 1.29 is 4.92 Å². The van der Waals surface area contributed by atoms with Crippen LogP contribution in [0.25, 0.3) is 0 Å². The molecule has 0 heterocycles. The number of hydrogen-bond donors (Lipinski definition) is 0. The summed E-state index contributed by atoms with van der Waals surface area (Å²) in [6, 6.07) is 6.81. The second-order valence-corrected chi connectivity index (χ2v) is 8.89. The van der Waals surface area contributed by atoms with Crippen LogP contribution < -0.4 is 0 Å². The molecule has 2 aliphatic carbocycles. The third-order valence-corrected chi connectivity index (χ3v) is 8.16. The van der Waals surface area contributed by atoms with Gasteiger partial charge in [-0.2, -0.15) is 0 Å². The van der Waals surface area contributed by atoms with Crippen LogP contribution in [0.15, 0.2) is 40.1 Å². The molecule has 5 heteroatoms. The van der Waals surface area contributed by atoms with Crippen molar-refractivity contribution in [3.05, 3.63) is 45.4 Å². The van der Waals surface area contributed by atoms with Crippen molar-refractivity contribution in [3.63, 3.8) is 0 Å². The zero-order valence-corrected chi connectivity index (χ0v) is 14.1. The van der Waals surface area contributed by atoms with Gasteiger partial charge in [-0.1, -0.05) is 48.4 Å². The summed E-state index contributed by atoms with van der Waals surface area (Å²) in [5, 5.41) is 10.7. The number of allylic oxidation sites excluding steroid dienone is 2. The zero-order chi connectivity index (χ0) is 15.3. The van der Waals surface area contributed by atoms with Gasteiger partial charge in [0, 0.05) is 22.4 Å². The van der Waals surface area contributed by atoms with E-state index in [0.717, 1.165) is 4.90 Å². The molecule has 2 atom stereocenters. The van der Waals surface area contributed by atoms with Crippen molar-refractivity contribution in [3.8, 4) is 0 Å². The molecule has 2 bridgehead atoms. The van der Waals surface area contributed by atoms with E-state index in [4.69, 9.17) is 0 Å².